The number of thioether (sulfide) groups is 1. The maximum absolute atomic E-state index is 12.4. The summed E-state index contributed by atoms with van der Waals surface area (Å²) < 4.78 is 18.5. The van der Waals surface area contributed by atoms with Crippen LogP contribution in [-0.4, -0.2) is 65.9 Å². The highest BCUT2D eigenvalue weighted by atomic mass is 32.2. The highest BCUT2D eigenvalue weighted by molar-refractivity contribution is 7.99. The van der Waals surface area contributed by atoms with Crippen molar-refractivity contribution in [2.24, 2.45) is 0 Å². The second kappa shape index (κ2) is 8.70. The minimum atomic E-state index is -0.111. The number of nitrogens with one attached hydrogen (secondary N) is 1. The predicted octanol–water partition coefficient (Wildman–Crippen LogP) is 1.64. The van der Waals surface area contributed by atoms with Gasteiger partial charge in [-0.1, -0.05) is 11.8 Å². The van der Waals surface area contributed by atoms with E-state index in [1.165, 1.54) is 11.8 Å². The van der Waals surface area contributed by atoms with Gasteiger partial charge in [0.25, 0.3) is 0 Å². The molecule has 1 aromatic carbocycles. The number of amides is 1. The van der Waals surface area contributed by atoms with Gasteiger partial charge in [0.1, 0.15) is 13.2 Å². The summed E-state index contributed by atoms with van der Waals surface area (Å²) in [5, 5.41) is 12.2. The van der Waals surface area contributed by atoms with Crippen LogP contribution in [0.4, 0.5) is 11.6 Å². The number of carbonyl (C=O) groups is 1. The lowest BCUT2D eigenvalue weighted by Crippen LogP contribution is -2.38. The third-order valence-electron chi connectivity index (χ3n) is 4.47. The molecule has 0 saturated carbocycles. The average molecular weight is 405 g/mol. The molecule has 0 bridgehead atoms. The molecule has 2 aromatic rings. The molecule has 1 fully saturated rings. The van der Waals surface area contributed by atoms with Crippen molar-refractivity contribution in [1.82, 2.24) is 14.8 Å². The van der Waals surface area contributed by atoms with Gasteiger partial charge in [-0.25, -0.2) is 0 Å². The van der Waals surface area contributed by atoms with Crippen LogP contribution in [-0.2, 0) is 16.1 Å². The average Bonchev–Trinajstić information content (AvgIpc) is 3.16. The lowest BCUT2D eigenvalue weighted by molar-refractivity contribution is -0.113. The summed E-state index contributed by atoms with van der Waals surface area (Å²) in [4.78, 5) is 14.5. The van der Waals surface area contributed by atoms with Crippen LogP contribution in [0.2, 0.25) is 0 Å². The highest BCUT2D eigenvalue weighted by Crippen LogP contribution is 2.32. The van der Waals surface area contributed by atoms with Crippen LogP contribution in [0.1, 0.15) is 6.92 Å². The van der Waals surface area contributed by atoms with Crippen LogP contribution in [0.15, 0.2) is 23.4 Å². The number of anilines is 2. The standard InChI is InChI=1S/C18H23N5O4S/c1-2-23-17(22-5-7-25-8-6-22)20-21-18(23)28-12-16(24)19-13-3-4-14-15(11-13)27-10-9-26-14/h3-4,11H,2,5-10,12H2,1H3,(H,19,24). The zero-order valence-electron chi connectivity index (χ0n) is 15.7. The Hall–Kier alpha value is -2.46. The number of carbonyl (C=O) groups excluding carboxylic acids is 1. The Morgan fingerprint density at radius 1 is 1.14 bits per heavy atom. The number of rotatable bonds is 6. The Kier molecular flexibility index (Phi) is 5.87. The van der Waals surface area contributed by atoms with Gasteiger partial charge < -0.3 is 24.4 Å². The summed E-state index contributed by atoms with van der Waals surface area (Å²) in [6.07, 6.45) is 0. The lowest BCUT2D eigenvalue weighted by Gasteiger charge is -2.27. The third kappa shape index (κ3) is 4.17. The van der Waals surface area contributed by atoms with E-state index >= 15 is 0 Å². The summed E-state index contributed by atoms with van der Waals surface area (Å²) >= 11 is 1.38. The smallest absolute Gasteiger partial charge is 0.234 e. The second-order valence-electron chi connectivity index (χ2n) is 6.32. The van der Waals surface area contributed by atoms with Crippen molar-refractivity contribution in [2.75, 3.05) is 55.5 Å². The minimum Gasteiger partial charge on any atom is -0.486 e. The molecule has 3 heterocycles. The molecule has 0 atom stereocenters. The van der Waals surface area contributed by atoms with Crippen molar-refractivity contribution in [1.29, 1.82) is 0 Å². The van der Waals surface area contributed by atoms with E-state index in [0.717, 1.165) is 30.7 Å². The molecule has 1 N–H and O–H groups in total. The summed E-state index contributed by atoms with van der Waals surface area (Å²) in [6, 6.07) is 5.39. The first-order valence-corrected chi connectivity index (χ1v) is 10.3. The van der Waals surface area contributed by atoms with E-state index in [1.54, 1.807) is 18.2 Å². The molecule has 0 radical (unpaired) electrons. The molecular formula is C18H23N5O4S. The van der Waals surface area contributed by atoms with Crippen LogP contribution in [0.25, 0.3) is 0 Å². The molecule has 150 valence electrons. The van der Waals surface area contributed by atoms with Crippen molar-refractivity contribution in [3.05, 3.63) is 18.2 Å². The van der Waals surface area contributed by atoms with Crippen molar-refractivity contribution in [3.8, 4) is 11.5 Å². The quantitative estimate of drug-likeness (QED) is 0.726. The van der Waals surface area contributed by atoms with Gasteiger partial charge in [-0.2, -0.15) is 0 Å². The van der Waals surface area contributed by atoms with Crippen LogP contribution < -0.4 is 19.7 Å². The van der Waals surface area contributed by atoms with Gasteiger partial charge in [0, 0.05) is 31.4 Å². The van der Waals surface area contributed by atoms with Crippen LogP contribution >= 0.6 is 11.8 Å². The van der Waals surface area contributed by atoms with Crippen molar-refractivity contribution in [3.63, 3.8) is 0 Å². The van der Waals surface area contributed by atoms with E-state index < -0.39 is 0 Å². The van der Waals surface area contributed by atoms with Crippen LogP contribution in [0, 0.1) is 0 Å². The normalized spacial score (nSPS) is 16.1. The van der Waals surface area contributed by atoms with E-state index in [4.69, 9.17) is 14.2 Å². The van der Waals surface area contributed by atoms with Gasteiger partial charge in [-0.05, 0) is 19.1 Å². The predicted molar refractivity (Wildman–Crippen MR) is 106 cm³/mol. The molecule has 4 rings (SSSR count). The molecule has 9 nitrogen and oxygen atoms in total. The first-order valence-electron chi connectivity index (χ1n) is 9.33. The van der Waals surface area contributed by atoms with Gasteiger partial charge in [-0.3, -0.25) is 9.36 Å². The summed E-state index contributed by atoms with van der Waals surface area (Å²) in [5.74, 6) is 2.32. The molecule has 1 saturated heterocycles. The number of benzene rings is 1. The zero-order valence-corrected chi connectivity index (χ0v) is 16.5. The minimum absolute atomic E-state index is 0.111. The van der Waals surface area contributed by atoms with E-state index in [2.05, 4.69) is 20.4 Å². The monoisotopic (exact) mass is 405 g/mol. The molecule has 2 aliphatic heterocycles. The largest absolute Gasteiger partial charge is 0.486 e. The van der Waals surface area contributed by atoms with Gasteiger partial charge in [-0.15, -0.1) is 10.2 Å². The molecular weight excluding hydrogens is 382 g/mol. The van der Waals surface area contributed by atoms with Gasteiger partial charge >= 0.3 is 0 Å². The van der Waals surface area contributed by atoms with E-state index in [9.17, 15) is 4.79 Å². The maximum Gasteiger partial charge on any atom is 0.234 e. The molecule has 1 amide bonds. The number of hydrogen-bond acceptors (Lipinski definition) is 8. The number of hydrogen-bond donors (Lipinski definition) is 1. The van der Waals surface area contributed by atoms with E-state index in [0.29, 0.717) is 43.6 Å². The Labute approximate surface area is 167 Å². The highest BCUT2D eigenvalue weighted by Gasteiger charge is 2.20. The zero-order chi connectivity index (χ0) is 19.3. The number of fused-ring (bicyclic) bond motifs is 1. The van der Waals surface area contributed by atoms with Crippen molar-refractivity contribution >= 4 is 29.3 Å². The van der Waals surface area contributed by atoms with E-state index in [-0.39, 0.29) is 11.7 Å². The Morgan fingerprint density at radius 3 is 2.71 bits per heavy atom. The van der Waals surface area contributed by atoms with E-state index in [1.807, 2.05) is 11.5 Å². The number of ether oxygens (including phenoxy) is 3. The molecule has 28 heavy (non-hydrogen) atoms. The molecule has 2 aliphatic rings. The fourth-order valence-corrected chi connectivity index (χ4v) is 3.91. The first-order chi connectivity index (χ1) is 13.7. The number of aromatic nitrogens is 3. The Morgan fingerprint density at radius 2 is 1.93 bits per heavy atom. The summed E-state index contributed by atoms with van der Waals surface area (Å²) in [6.45, 7) is 6.82. The fourth-order valence-electron chi connectivity index (χ4n) is 3.11. The third-order valence-corrected chi connectivity index (χ3v) is 5.43. The SMILES string of the molecule is CCn1c(SCC(=O)Nc2ccc3c(c2)OCCO3)nnc1N1CCOCC1. The fraction of sp³-hybridized carbons (Fsp3) is 0.500. The molecule has 1 aromatic heterocycles. The van der Waals surface area contributed by atoms with Crippen molar-refractivity contribution < 1.29 is 19.0 Å². The Balaban J connectivity index is 1.36. The van der Waals surface area contributed by atoms with Crippen molar-refractivity contribution in [2.45, 2.75) is 18.6 Å². The Bertz CT molecular complexity index is 837. The van der Waals surface area contributed by atoms with Gasteiger partial charge in [0.15, 0.2) is 16.7 Å². The molecule has 0 unspecified atom stereocenters. The second-order valence-corrected chi connectivity index (χ2v) is 7.26. The van der Waals surface area contributed by atoms with Crippen LogP contribution in [0.5, 0.6) is 11.5 Å². The first kappa shape index (κ1) is 18.9. The van der Waals surface area contributed by atoms with Gasteiger partial charge in [0.2, 0.25) is 11.9 Å². The topological polar surface area (TPSA) is 90.7 Å². The molecule has 0 aliphatic carbocycles. The maximum atomic E-state index is 12.4. The summed E-state index contributed by atoms with van der Waals surface area (Å²) in [7, 11) is 0. The number of morpholine rings is 1. The van der Waals surface area contributed by atoms with Crippen LogP contribution in [0.3, 0.4) is 0 Å². The molecule has 0 spiro atoms. The number of nitrogens with zero attached hydrogens (tertiary/aromatic N) is 4. The van der Waals surface area contributed by atoms with Gasteiger partial charge in [0.05, 0.1) is 19.0 Å². The lowest BCUT2D eigenvalue weighted by atomic mass is 10.2. The molecule has 10 heteroatoms. The summed E-state index contributed by atoms with van der Waals surface area (Å²) in [5.41, 5.74) is 0.681.